The number of hydrogen-bond donors (Lipinski definition) is 0. The van der Waals surface area contributed by atoms with Crippen LogP contribution in [0.4, 0.5) is 0 Å². The number of hydrogen-bond acceptors (Lipinski definition) is 7. The van der Waals surface area contributed by atoms with Gasteiger partial charge in [0.15, 0.2) is 0 Å². The summed E-state index contributed by atoms with van der Waals surface area (Å²) in [5.74, 6) is 0.240. The molecule has 0 radical (unpaired) electrons. The first-order valence-corrected chi connectivity index (χ1v) is 12.2. The lowest BCUT2D eigenvalue weighted by Gasteiger charge is -2.46. The SMILES string of the molecule is Cc1noc(C)c1-c1cccc(C(=O)N2CCN(C(=O)c3ncn(-c4cccc(Cl)c4)n3)C(C)(C)C2)n1. The Balaban J connectivity index is 1.32. The molecule has 0 aliphatic carbocycles. The van der Waals surface area contributed by atoms with Gasteiger partial charge in [-0.3, -0.25) is 9.59 Å². The number of nitrogens with zero attached hydrogens (tertiary/aromatic N) is 7. The van der Waals surface area contributed by atoms with Gasteiger partial charge >= 0.3 is 0 Å². The molecular formula is C26H26ClN7O3. The lowest BCUT2D eigenvalue weighted by atomic mass is 9.98. The summed E-state index contributed by atoms with van der Waals surface area (Å²) in [5.41, 5.74) is 2.53. The Kier molecular flexibility index (Phi) is 6.28. The van der Waals surface area contributed by atoms with E-state index in [2.05, 4.69) is 20.2 Å². The third-order valence-corrected chi connectivity index (χ3v) is 6.68. The highest BCUT2D eigenvalue weighted by atomic mass is 35.5. The minimum absolute atomic E-state index is 0.0849. The van der Waals surface area contributed by atoms with Gasteiger partial charge < -0.3 is 14.3 Å². The fraction of sp³-hybridized carbons (Fsp3) is 0.308. The molecule has 4 heterocycles. The summed E-state index contributed by atoms with van der Waals surface area (Å²) in [4.78, 5) is 39.0. The molecule has 10 nitrogen and oxygen atoms in total. The molecule has 0 N–H and O–H groups in total. The molecule has 1 fully saturated rings. The molecule has 2 amide bonds. The fourth-order valence-corrected chi connectivity index (χ4v) is 4.82. The van der Waals surface area contributed by atoms with Gasteiger partial charge in [0.25, 0.3) is 11.8 Å². The second kappa shape index (κ2) is 9.44. The zero-order valence-corrected chi connectivity index (χ0v) is 21.7. The van der Waals surface area contributed by atoms with E-state index in [1.165, 1.54) is 11.0 Å². The third-order valence-electron chi connectivity index (χ3n) is 6.45. The van der Waals surface area contributed by atoms with Crippen molar-refractivity contribution in [3.05, 3.63) is 76.8 Å². The van der Waals surface area contributed by atoms with Crippen LogP contribution < -0.4 is 0 Å². The first-order valence-electron chi connectivity index (χ1n) is 11.8. The molecule has 0 unspecified atom stereocenters. The smallest absolute Gasteiger partial charge is 0.294 e. The van der Waals surface area contributed by atoms with Crippen molar-refractivity contribution in [3.63, 3.8) is 0 Å². The van der Waals surface area contributed by atoms with Crippen LogP contribution in [0.1, 0.15) is 46.4 Å². The standard InChI is InChI=1S/C26H26ClN7O3/c1-16-22(17(2)37-31-16)20-9-6-10-21(29-20)24(35)32-11-12-33(26(3,4)14-32)25(36)23-28-15-34(30-23)19-8-5-7-18(27)13-19/h5-10,13,15H,11-12,14H2,1-4H3. The van der Waals surface area contributed by atoms with E-state index >= 15 is 0 Å². The van der Waals surface area contributed by atoms with Gasteiger partial charge in [-0.1, -0.05) is 28.9 Å². The van der Waals surface area contributed by atoms with Gasteiger partial charge in [-0.05, 0) is 58.0 Å². The van der Waals surface area contributed by atoms with Crippen LogP contribution in [0.2, 0.25) is 5.02 Å². The van der Waals surface area contributed by atoms with Crippen molar-refractivity contribution >= 4 is 23.4 Å². The number of halogens is 1. The van der Waals surface area contributed by atoms with Crippen LogP contribution in [0, 0.1) is 13.8 Å². The van der Waals surface area contributed by atoms with Gasteiger partial charge in [-0.15, -0.1) is 5.10 Å². The van der Waals surface area contributed by atoms with Crippen molar-refractivity contribution in [1.29, 1.82) is 0 Å². The predicted octanol–water partition coefficient (Wildman–Crippen LogP) is 3.96. The Morgan fingerprint density at radius 2 is 1.84 bits per heavy atom. The van der Waals surface area contributed by atoms with E-state index in [4.69, 9.17) is 16.1 Å². The summed E-state index contributed by atoms with van der Waals surface area (Å²) in [6.07, 6.45) is 1.49. The van der Waals surface area contributed by atoms with Crippen LogP contribution in [0.25, 0.3) is 16.9 Å². The Morgan fingerprint density at radius 3 is 2.54 bits per heavy atom. The van der Waals surface area contributed by atoms with Crippen molar-refractivity contribution in [1.82, 2.24) is 34.7 Å². The number of pyridine rings is 1. The van der Waals surface area contributed by atoms with E-state index in [1.54, 1.807) is 40.1 Å². The Bertz CT molecular complexity index is 1470. The number of benzene rings is 1. The second-order valence-corrected chi connectivity index (χ2v) is 10.0. The Morgan fingerprint density at radius 1 is 1.05 bits per heavy atom. The van der Waals surface area contributed by atoms with E-state index in [0.29, 0.717) is 53.2 Å². The summed E-state index contributed by atoms with van der Waals surface area (Å²) in [5, 5.41) is 8.91. The average molecular weight is 520 g/mol. The molecule has 5 rings (SSSR count). The lowest BCUT2D eigenvalue weighted by Crippen LogP contribution is -2.62. The van der Waals surface area contributed by atoms with Crippen LogP contribution in [0.15, 0.2) is 53.3 Å². The maximum absolute atomic E-state index is 13.4. The van der Waals surface area contributed by atoms with Crippen LogP contribution in [0.5, 0.6) is 0 Å². The molecule has 1 saturated heterocycles. The summed E-state index contributed by atoms with van der Waals surface area (Å²) in [6, 6.07) is 12.5. The third kappa shape index (κ3) is 4.72. The summed E-state index contributed by atoms with van der Waals surface area (Å²) in [7, 11) is 0. The van der Waals surface area contributed by atoms with Gasteiger partial charge in [0.1, 0.15) is 17.8 Å². The predicted molar refractivity (Wildman–Crippen MR) is 137 cm³/mol. The van der Waals surface area contributed by atoms with Crippen molar-refractivity contribution in [3.8, 4) is 16.9 Å². The molecule has 1 aromatic carbocycles. The quantitative estimate of drug-likeness (QED) is 0.401. The fourth-order valence-electron chi connectivity index (χ4n) is 4.63. The van der Waals surface area contributed by atoms with E-state index in [-0.39, 0.29) is 17.6 Å². The molecule has 0 spiro atoms. The number of carbonyl (C=O) groups is 2. The molecule has 0 saturated carbocycles. The molecule has 1 aliphatic heterocycles. The Hall–Kier alpha value is -4.05. The van der Waals surface area contributed by atoms with Gasteiger partial charge in [0, 0.05) is 24.7 Å². The zero-order valence-electron chi connectivity index (χ0n) is 21.0. The van der Waals surface area contributed by atoms with Crippen LogP contribution in [-0.2, 0) is 0 Å². The summed E-state index contributed by atoms with van der Waals surface area (Å²) >= 11 is 6.07. The number of piperazine rings is 1. The molecule has 190 valence electrons. The van der Waals surface area contributed by atoms with Gasteiger partial charge in [-0.25, -0.2) is 14.6 Å². The van der Waals surface area contributed by atoms with E-state index in [0.717, 1.165) is 5.56 Å². The number of amides is 2. The van der Waals surface area contributed by atoms with Crippen molar-refractivity contribution < 1.29 is 14.1 Å². The summed E-state index contributed by atoms with van der Waals surface area (Å²) < 4.78 is 6.77. The molecule has 0 atom stereocenters. The highest BCUT2D eigenvalue weighted by Gasteiger charge is 2.40. The minimum Gasteiger partial charge on any atom is -0.361 e. The highest BCUT2D eigenvalue weighted by molar-refractivity contribution is 6.30. The Labute approximate surface area is 218 Å². The lowest BCUT2D eigenvalue weighted by molar-refractivity contribution is 0.0158. The molecular weight excluding hydrogens is 494 g/mol. The maximum Gasteiger partial charge on any atom is 0.294 e. The van der Waals surface area contributed by atoms with Gasteiger partial charge in [0.2, 0.25) is 5.82 Å². The van der Waals surface area contributed by atoms with E-state index < -0.39 is 5.54 Å². The molecule has 3 aromatic heterocycles. The highest BCUT2D eigenvalue weighted by Crippen LogP contribution is 2.27. The van der Waals surface area contributed by atoms with Crippen molar-refractivity contribution in [2.45, 2.75) is 33.2 Å². The number of aromatic nitrogens is 5. The van der Waals surface area contributed by atoms with Crippen LogP contribution in [0.3, 0.4) is 0 Å². The molecule has 1 aliphatic rings. The second-order valence-electron chi connectivity index (χ2n) is 9.60. The minimum atomic E-state index is -0.647. The van der Waals surface area contributed by atoms with Crippen molar-refractivity contribution in [2.75, 3.05) is 19.6 Å². The molecule has 4 aromatic rings. The van der Waals surface area contributed by atoms with Crippen LogP contribution >= 0.6 is 11.6 Å². The molecule has 11 heteroatoms. The average Bonchev–Trinajstić information content (AvgIpc) is 3.49. The molecule has 0 bridgehead atoms. The normalized spacial score (nSPS) is 15.2. The van der Waals surface area contributed by atoms with Crippen molar-refractivity contribution in [2.24, 2.45) is 0 Å². The molecule has 37 heavy (non-hydrogen) atoms. The van der Waals surface area contributed by atoms with Gasteiger partial charge in [-0.2, -0.15) is 0 Å². The van der Waals surface area contributed by atoms with E-state index in [9.17, 15) is 9.59 Å². The van der Waals surface area contributed by atoms with E-state index in [1.807, 2.05) is 39.8 Å². The number of aryl methyl sites for hydroxylation is 2. The van der Waals surface area contributed by atoms with Gasteiger partial charge in [0.05, 0.1) is 28.2 Å². The topological polar surface area (TPSA) is 110 Å². The summed E-state index contributed by atoms with van der Waals surface area (Å²) in [6.45, 7) is 8.54. The van der Waals surface area contributed by atoms with Crippen LogP contribution in [-0.4, -0.2) is 71.7 Å². The first-order chi connectivity index (χ1) is 17.6. The number of carbonyl (C=O) groups excluding carboxylic acids is 2. The first kappa shape index (κ1) is 24.6. The number of rotatable bonds is 4. The monoisotopic (exact) mass is 519 g/mol. The largest absolute Gasteiger partial charge is 0.361 e. The maximum atomic E-state index is 13.4. The zero-order chi connectivity index (χ0) is 26.3.